The Bertz CT molecular complexity index is 1470. The molecule has 3 aromatic heterocycles. The third-order valence-corrected chi connectivity index (χ3v) is 4.82. The Morgan fingerprint density at radius 2 is 1.80 bits per heavy atom. The van der Waals surface area contributed by atoms with Gasteiger partial charge in [-0.15, -0.1) is 0 Å². The molecule has 0 aliphatic rings. The fraction of sp³-hybridized carbons (Fsp3) is 0.0455. The summed E-state index contributed by atoms with van der Waals surface area (Å²) in [5, 5.41) is 10.9. The Morgan fingerprint density at radius 3 is 2.60 bits per heavy atom. The summed E-state index contributed by atoms with van der Waals surface area (Å²) >= 11 is 0. The number of carbonyl (C=O) groups excluding carboxylic acids is 1. The highest BCUT2D eigenvalue weighted by Crippen LogP contribution is 2.25. The molecule has 0 aliphatic heterocycles. The average molecular weight is 396 g/mol. The normalized spacial score (nSPS) is 11.1. The zero-order valence-electron chi connectivity index (χ0n) is 16.0. The topological polar surface area (TPSA) is 105 Å². The molecule has 0 aliphatic carbocycles. The van der Waals surface area contributed by atoms with Crippen molar-refractivity contribution < 1.29 is 4.79 Å². The molecule has 0 atom stereocenters. The van der Waals surface area contributed by atoms with E-state index in [0.29, 0.717) is 28.1 Å². The first kappa shape index (κ1) is 17.7. The van der Waals surface area contributed by atoms with Gasteiger partial charge in [-0.2, -0.15) is 5.10 Å². The summed E-state index contributed by atoms with van der Waals surface area (Å²) < 4.78 is 1.77. The van der Waals surface area contributed by atoms with Crippen molar-refractivity contribution >= 4 is 28.0 Å². The van der Waals surface area contributed by atoms with Crippen LogP contribution < -0.4 is 10.9 Å². The molecule has 2 aromatic carbocycles. The maximum absolute atomic E-state index is 12.6. The predicted octanol–water partition coefficient (Wildman–Crippen LogP) is 3.19. The Morgan fingerprint density at radius 1 is 1.03 bits per heavy atom. The van der Waals surface area contributed by atoms with Gasteiger partial charge in [0.05, 0.1) is 23.0 Å². The molecule has 3 heterocycles. The fourth-order valence-electron chi connectivity index (χ4n) is 3.35. The van der Waals surface area contributed by atoms with Crippen LogP contribution in [-0.2, 0) is 0 Å². The van der Waals surface area contributed by atoms with Crippen LogP contribution in [0.1, 0.15) is 16.2 Å². The summed E-state index contributed by atoms with van der Waals surface area (Å²) in [7, 11) is 0. The van der Waals surface area contributed by atoms with Crippen molar-refractivity contribution in [3.63, 3.8) is 0 Å². The maximum atomic E-state index is 12.6. The first-order valence-corrected chi connectivity index (χ1v) is 9.29. The van der Waals surface area contributed by atoms with Gasteiger partial charge in [0.15, 0.2) is 5.65 Å². The minimum atomic E-state index is -0.309. The van der Waals surface area contributed by atoms with Crippen LogP contribution >= 0.6 is 0 Å². The zero-order chi connectivity index (χ0) is 20.7. The molecule has 1 amide bonds. The molecular weight excluding hydrogens is 380 g/mol. The van der Waals surface area contributed by atoms with Crippen molar-refractivity contribution in [2.45, 2.75) is 6.92 Å². The molecule has 30 heavy (non-hydrogen) atoms. The average Bonchev–Trinajstić information content (AvgIpc) is 3.18. The molecular formula is C22H16N6O2. The van der Waals surface area contributed by atoms with E-state index in [2.05, 4.69) is 25.5 Å². The number of H-pyrrole nitrogens is 1. The molecule has 0 saturated carbocycles. The number of fused-ring (bicyclic) bond motifs is 2. The number of amides is 1. The van der Waals surface area contributed by atoms with E-state index in [1.165, 1.54) is 0 Å². The number of anilines is 1. The van der Waals surface area contributed by atoms with E-state index in [-0.39, 0.29) is 11.5 Å². The smallest absolute Gasteiger partial charge is 0.275 e. The van der Waals surface area contributed by atoms with Crippen molar-refractivity contribution in [3.8, 4) is 11.3 Å². The lowest BCUT2D eigenvalue weighted by atomic mass is 10.0. The molecule has 0 spiro atoms. The third kappa shape index (κ3) is 3.10. The van der Waals surface area contributed by atoms with Crippen LogP contribution in [0.2, 0.25) is 0 Å². The van der Waals surface area contributed by atoms with Crippen LogP contribution in [0.3, 0.4) is 0 Å². The van der Waals surface area contributed by atoms with Crippen LogP contribution in [0.25, 0.3) is 27.7 Å². The van der Waals surface area contributed by atoms with Gasteiger partial charge in [0.25, 0.3) is 11.5 Å². The lowest BCUT2D eigenvalue weighted by Gasteiger charge is -2.07. The summed E-state index contributed by atoms with van der Waals surface area (Å²) in [5.41, 5.74) is 3.66. The highest BCUT2D eigenvalue weighted by atomic mass is 16.2. The lowest BCUT2D eigenvalue weighted by Crippen LogP contribution is -2.12. The van der Waals surface area contributed by atoms with E-state index in [4.69, 9.17) is 0 Å². The first-order valence-electron chi connectivity index (χ1n) is 9.29. The van der Waals surface area contributed by atoms with Crippen molar-refractivity contribution in [3.05, 3.63) is 88.9 Å². The molecule has 0 radical (unpaired) electrons. The molecule has 0 fully saturated rings. The second-order valence-electron chi connectivity index (χ2n) is 6.90. The number of nitrogens with one attached hydrogen (secondary N) is 2. The number of imidazole rings is 1. The molecule has 146 valence electrons. The van der Waals surface area contributed by atoms with Gasteiger partial charge >= 0.3 is 0 Å². The fourth-order valence-corrected chi connectivity index (χ4v) is 3.35. The quantitative estimate of drug-likeness (QED) is 0.487. The van der Waals surface area contributed by atoms with Gasteiger partial charge in [0.1, 0.15) is 5.69 Å². The zero-order valence-corrected chi connectivity index (χ0v) is 16.0. The van der Waals surface area contributed by atoms with Crippen LogP contribution in [0.4, 0.5) is 5.69 Å². The van der Waals surface area contributed by atoms with Crippen LogP contribution in [0.15, 0.2) is 71.9 Å². The standard InChI is InChI=1S/C22H16N6O2/c1-13-11-28-12-18(25-19(28)10-23-13)22(30)24-15-8-6-14(7-9-15)20-16-4-2-3-5-17(16)21(29)27-26-20/h2-12H,1H3,(H,24,30)(H,27,29). The van der Waals surface area contributed by atoms with E-state index < -0.39 is 0 Å². The molecule has 8 heteroatoms. The second-order valence-corrected chi connectivity index (χ2v) is 6.90. The summed E-state index contributed by atoms with van der Waals surface area (Å²) in [6.45, 7) is 1.88. The molecule has 5 rings (SSSR count). The van der Waals surface area contributed by atoms with E-state index in [1.54, 1.807) is 35.0 Å². The molecule has 5 aromatic rings. The molecule has 2 N–H and O–H groups in total. The SMILES string of the molecule is Cc1cn2cc(C(=O)Nc3ccc(-c4n[nH]c(=O)c5ccccc45)cc3)nc2cn1. The summed E-state index contributed by atoms with van der Waals surface area (Å²) in [4.78, 5) is 33.0. The van der Waals surface area contributed by atoms with E-state index >= 15 is 0 Å². The van der Waals surface area contributed by atoms with Gasteiger partial charge in [-0.05, 0) is 25.1 Å². The Kier molecular flexibility index (Phi) is 4.10. The summed E-state index contributed by atoms with van der Waals surface area (Å²) in [5.74, 6) is -0.309. The van der Waals surface area contributed by atoms with Crippen LogP contribution in [0.5, 0.6) is 0 Å². The van der Waals surface area contributed by atoms with Crippen molar-refractivity contribution in [2.75, 3.05) is 5.32 Å². The first-order chi connectivity index (χ1) is 14.6. The third-order valence-electron chi connectivity index (χ3n) is 4.82. The molecule has 0 bridgehead atoms. The van der Waals surface area contributed by atoms with E-state index in [1.807, 2.05) is 43.5 Å². The van der Waals surface area contributed by atoms with Crippen molar-refractivity contribution in [2.24, 2.45) is 0 Å². The van der Waals surface area contributed by atoms with Crippen molar-refractivity contribution in [1.29, 1.82) is 0 Å². The largest absolute Gasteiger partial charge is 0.321 e. The second kappa shape index (κ2) is 6.93. The van der Waals surface area contributed by atoms with Gasteiger partial charge in [0.2, 0.25) is 0 Å². The highest BCUT2D eigenvalue weighted by Gasteiger charge is 2.12. The number of hydrogen-bond donors (Lipinski definition) is 2. The summed E-state index contributed by atoms with van der Waals surface area (Å²) in [6, 6.07) is 14.6. The number of aromatic amines is 1. The van der Waals surface area contributed by atoms with Crippen LogP contribution in [-0.4, -0.2) is 30.5 Å². The van der Waals surface area contributed by atoms with E-state index in [9.17, 15) is 9.59 Å². The number of nitrogens with zero attached hydrogens (tertiary/aromatic N) is 4. The maximum Gasteiger partial charge on any atom is 0.275 e. The minimum absolute atomic E-state index is 0.226. The van der Waals surface area contributed by atoms with Gasteiger partial charge < -0.3 is 9.72 Å². The summed E-state index contributed by atoms with van der Waals surface area (Å²) in [6.07, 6.45) is 5.11. The number of benzene rings is 2. The number of aryl methyl sites for hydroxylation is 1. The number of carbonyl (C=O) groups is 1. The molecule has 0 unspecified atom stereocenters. The Balaban J connectivity index is 1.42. The van der Waals surface area contributed by atoms with Gasteiger partial charge in [-0.3, -0.25) is 14.6 Å². The van der Waals surface area contributed by atoms with Gasteiger partial charge in [-0.1, -0.05) is 30.3 Å². The number of aromatic nitrogens is 5. The highest BCUT2D eigenvalue weighted by molar-refractivity contribution is 6.03. The van der Waals surface area contributed by atoms with E-state index in [0.717, 1.165) is 16.6 Å². The lowest BCUT2D eigenvalue weighted by molar-refractivity contribution is 0.102. The van der Waals surface area contributed by atoms with Gasteiger partial charge in [-0.25, -0.2) is 10.1 Å². The molecule has 0 saturated heterocycles. The van der Waals surface area contributed by atoms with Crippen LogP contribution in [0, 0.1) is 6.92 Å². The molecule has 8 nitrogen and oxygen atoms in total. The minimum Gasteiger partial charge on any atom is -0.321 e. The van der Waals surface area contributed by atoms with Gasteiger partial charge in [0, 0.05) is 29.0 Å². The number of hydrogen-bond acceptors (Lipinski definition) is 5. The Hall–Kier alpha value is -4.33. The predicted molar refractivity (Wildman–Crippen MR) is 113 cm³/mol. The number of rotatable bonds is 3. The van der Waals surface area contributed by atoms with Crippen molar-refractivity contribution in [1.82, 2.24) is 24.6 Å². The monoisotopic (exact) mass is 396 g/mol. The Labute approximate surface area is 170 Å².